The quantitative estimate of drug-likeness (QED) is 0.365. The first kappa shape index (κ1) is 21.7. The summed E-state index contributed by atoms with van der Waals surface area (Å²) in [7, 11) is -3.97. The van der Waals surface area contributed by atoms with Crippen LogP contribution in [0.15, 0.2) is 58.8 Å². The number of hydrogen-bond acceptors (Lipinski definition) is 7. The minimum Gasteiger partial charge on any atom is -0.371 e. The number of sulfonamides is 1. The van der Waals surface area contributed by atoms with Gasteiger partial charge in [0.2, 0.25) is 0 Å². The van der Waals surface area contributed by atoms with Gasteiger partial charge in [-0.25, -0.2) is 13.4 Å². The van der Waals surface area contributed by atoms with Crippen molar-refractivity contribution in [1.29, 1.82) is 0 Å². The number of nitrogens with one attached hydrogen (secondary N) is 2. The van der Waals surface area contributed by atoms with E-state index in [1.54, 1.807) is 41.7 Å². The number of nitro benzene ring substituents is 1. The van der Waals surface area contributed by atoms with Crippen LogP contribution in [0.2, 0.25) is 0 Å². The molecule has 0 bridgehead atoms. The molecule has 30 heavy (non-hydrogen) atoms. The first-order valence-corrected chi connectivity index (χ1v) is 11.6. The van der Waals surface area contributed by atoms with Crippen LogP contribution in [0.1, 0.15) is 43.4 Å². The normalized spacial score (nSPS) is 12.5. The van der Waals surface area contributed by atoms with Gasteiger partial charge in [0.05, 0.1) is 26.6 Å². The lowest BCUT2D eigenvalue weighted by Gasteiger charge is -2.14. The molecule has 158 valence electrons. The minimum absolute atomic E-state index is 0.188. The van der Waals surface area contributed by atoms with Crippen molar-refractivity contribution in [2.24, 2.45) is 0 Å². The van der Waals surface area contributed by atoms with Crippen LogP contribution in [-0.2, 0) is 10.0 Å². The third-order valence-electron chi connectivity index (χ3n) is 4.35. The molecule has 0 amide bonds. The van der Waals surface area contributed by atoms with Crippen molar-refractivity contribution in [3.63, 3.8) is 0 Å². The van der Waals surface area contributed by atoms with E-state index in [0.717, 1.165) is 16.8 Å². The predicted octanol–water partition coefficient (Wildman–Crippen LogP) is 5.15. The highest BCUT2D eigenvalue weighted by molar-refractivity contribution is 7.92. The molecular formula is C20H22N4O4S2. The van der Waals surface area contributed by atoms with Gasteiger partial charge >= 0.3 is 0 Å². The van der Waals surface area contributed by atoms with Crippen LogP contribution < -0.4 is 10.0 Å². The van der Waals surface area contributed by atoms with Crippen molar-refractivity contribution < 1.29 is 13.3 Å². The van der Waals surface area contributed by atoms with Crippen LogP contribution in [0.25, 0.3) is 0 Å². The predicted molar refractivity (Wildman–Crippen MR) is 119 cm³/mol. The van der Waals surface area contributed by atoms with Gasteiger partial charge in [-0.2, -0.15) is 0 Å². The monoisotopic (exact) mass is 446 g/mol. The van der Waals surface area contributed by atoms with Crippen LogP contribution in [0.3, 0.4) is 0 Å². The lowest BCUT2D eigenvalue weighted by Crippen LogP contribution is -2.14. The van der Waals surface area contributed by atoms with Gasteiger partial charge in [-0.05, 0) is 31.2 Å². The smallest absolute Gasteiger partial charge is 0.293 e. The van der Waals surface area contributed by atoms with Crippen molar-refractivity contribution in [1.82, 2.24) is 4.98 Å². The molecule has 0 saturated carbocycles. The fourth-order valence-corrected chi connectivity index (χ4v) is 4.75. The van der Waals surface area contributed by atoms with Crippen LogP contribution in [0.4, 0.5) is 17.1 Å². The van der Waals surface area contributed by atoms with Crippen molar-refractivity contribution >= 4 is 38.4 Å². The van der Waals surface area contributed by atoms with Crippen LogP contribution in [-0.4, -0.2) is 18.3 Å². The second-order valence-corrected chi connectivity index (χ2v) is 9.61. The Bertz CT molecular complexity index is 1140. The van der Waals surface area contributed by atoms with Gasteiger partial charge in [0.15, 0.2) is 0 Å². The maximum atomic E-state index is 12.6. The lowest BCUT2D eigenvalue weighted by atomic mass is 10.2. The number of nitro groups is 1. The Labute approximate surface area is 179 Å². The van der Waals surface area contributed by atoms with Gasteiger partial charge in [0.25, 0.3) is 15.7 Å². The van der Waals surface area contributed by atoms with E-state index in [1.165, 1.54) is 12.1 Å². The molecule has 0 aliphatic carbocycles. The second kappa shape index (κ2) is 8.80. The highest BCUT2D eigenvalue weighted by Crippen LogP contribution is 2.32. The first-order chi connectivity index (χ1) is 14.2. The summed E-state index contributed by atoms with van der Waals surface area (Å²) in [6.07, 6.45) is 0. The summed E-state index contributed by atoms with van der Waals surface area (Å²) in [6, 6.07) is 11.9. The lowest BCUT2D eigenvalue weighted by molar-refractivity contribution is -0.384. The van der Waals surface area contributed by atoms with Crippen molar-refractivity contribution in [3.8, 4) is 0 Å². The summed E-state index contributed by atoms with van der Waals surface area (Å²) >= 11 is 1.54. The number of hydrogen-bond donors (Lipinski definition) is 2. The summed E-state index contributed by atoms with van der Waals surface area (Å²) in [5.41, 5.74) is 1.06. The minimum atomic E-state index is -3.97. The zero-order valence-corrected chi connectivity index (χ0v) is 18.3. The maximum absolute atomic E-state index is 12.6. The highest BCUT2D eigenvalue weighted by atomic mass is 32.2. The second-order valence-electron chi connectivity index (χ2n) is 7.04. The molecule has 1 unspecified atom stereocenters. The number of thiazole rings is 1. The summed E-state index contributed by atoms with van der Waals surface area (Å²) in [5.74, 6) is 0.298. The topological polar surface area (TPSA) is 114 Å². The Morgan fingerprint density at radius 1 is 1.10 bits per heavy atom. The van der Waals surface area contributed by atoms with Gasteiger partial charge < -0.3 is 5.32 Å². The number of anilines is 2. The Balaban J connectivity index is 1.87. The zero-order valence-electron chi connectivity index (χ0n) is 16.7. The Kier molecular flexibility index (Phi) is 6.37. The number of nitrogens with zero attached hydrogens (tertiary/aromatic N) is 2. The van der Waals surface area contributed by atoms with Crippen molar-refractivity contribution in [2.75, 3.05) is 10.0 Å². The Hall–Kier alpha value is -2.98. The molecule has 1 heterocycles. The fraction of sp³-hybridized carbons (Fsp3) is 0.250. The van der Waals surface area contributed by atoms with Gasteiger partial charge in [-0.1, -0.05) is 32.0 Å². The molecule has 2 N–H and O–H groups in total. The third kappa shape index (κ3) is 4.95. The van der Waals surface area contributed by atoms with E-state index in [0.29, 0.717) is 11.6 Å². The summed E-state index contributed by atoms with van der Waals surface area (Å²) in [4.78, 5) is 15.4. The van der Waals surface area contributed by atoms with E-state index in [4.69, 9.17) is 0 Å². The van der Waals surface area contributed by atoms with Crippen LogP contribution in [0.5, 0.6) is 0 Å². The number of aromatic nitrogens is 1. The molecule has 3 rings (SSSR count). The molecule has 0 radical (unpaired) electrons. The average Bonchev–Trinajstić information content (AvgIpc) is 3.19. The van der Waals surface area contributed by atoms with Gasteiger partial charge in [0, 0.05) is 23.1 Å². The molecule has 0 fully saturated rings. The first-order valence-electron chi connectivity index (χ1n) is 9.25. The van der Waals surface area contributed by atoms with E-state index in [-0.39, 0.29) is 22.3 Å². The largest absolute Gasteiger partial charge is 0.371 e. The van der Waals surface area contributed by atoms with Crippen LogP contribution in [0, 0.1) is 10.1 Å². The molecule has 8 nitrogen and oxygen atoms in total. The van der Waals surface area contributed by atoms with Crippen molar-refractivity contribution in [2.45, 2.75) is 37.6 Å². The Morgan fingerprint density at radius 3 is 2.40 bits per heavy atom. The average molecular weight is 447 g/mol. The van der Waals surface area contributed by atoms with E-state index in [1.807, 2.05) is 26.2 Å². The molecule has 0 saturated heterocycles. The number of rotatable bonds is 8. The van der Waals surface area contributed by atoms with Gasteiger partial charge in [-0.15, -0.1) is 11.3 Å². The summed E-state index contributed by atoms with van der Waals surface area (Å²) in [6.45, 7) is 5.95. The number of para-hydroxylation sites is 1. The molecule has 1 aromatic heterocycles. The van der Waals surface area contributed by atoms with Crippen LogP contribution >= 0.6 is 11.3 Å². The maximum Gasteiger partial charge on any atom is 0.293 e. The SMILES string of the molecule is CC(C)c1nc(C(C)Nc2ccc(S(=O)(=O)Nc3ccccc3)cc2[N+](=O)[O-])cs1. The molecule has 0 aliphatic heterocycles. The summed E-state index contributed by atoms with van der Waals surface area (Å²) in [5, 5.41) is 17.6. The molecule has 2 aromatic carbocycles. The van der Waals surface area contributed by atoms with E-state index in [9.17, 15) is 18.5 Å². The van der Waals surface area contributed by atoms with E-state index >= 15 is 0 Å². The molecular weight excluding hydrogens is 424 g/mol. The zero-order chi connectivity index (χ0) is 21.9. The van der Waals surface area contributed by atoms with E-state index < -0.39 is 14.9 Å². The molecule has 10 heteroatoms. The van der Waals surface area contributed by atoms with Gasteiger partial charge in [0.1, 0.15) is 5.69 Å². The fourth-order valence-electron chi connectivity index (χ4n) is 2.74. The number of benzene rings is 2. The summed E-state index contributed by atoms with van der Waals surface area (Å²) < 4.78 is 27.7. The molecule has 3 aromatic rings. The third-order valence-corrected chi connectivity index (χ3v) is 6.89. The van der Waals surface area contributed by atoms with Gasteiger partial charge in [-0.3, -0.25) is 14.8 Å². The van der Waals surface area contributed by atoms with E-state index in [2.05, 4.69) is 15.0 Å². The molecule has 0 aliphatic rings. The highest BCUT2D eigenvalue weighted by Gasteiger charge is 2.23. The van der Waals surface area contributed by atoms with Crippen molar-refractivity contribution in [3.05, 3.63) is 74.7 Å². The standard InChI is InChI=1S/C20H22N4O4S2/c1-13(2)20-22-18(12-29-20)14(3)21-17-10-9-16(11-19(17)24(25)26)30(27,28)23-15-7-5-4-6-8-15/h4-14,21,23H,1-3H3. The molecule has 1 atom stereocenters. The Morgan fingerprint density at radius 2 is 1.80 bits per heavy atom. The molecule has 0 spiro atoms.